The highest BCUT2D eigenvalue weighted by molar-refractivity contribution is 5.94. The van der Waals surface area contributed by atoms with E-state index in [1.54, 1.807) is 0 Å². The van der Waals surface area contributed by atoms with Crippen LogP contribution in [-0.4, -0.2) is 42.3 Å². The van der Waals surface area contributed by atoms with Gasteiger partial charge in [-0.05, 0) is 37.1 Å². The Morgan fingerprint density at radius 2 is 2.04 bits per heavy atom. The summed E-state index contributed by atoms with van der Waals surface area (Å²) < 4.78 is 0. The van der Waals surface area contributed by atoms with Gasteiger partial charge in [-0.15, -0.1) is 0 Å². The molecule has 3 N–H and O–H groups in total. The molecule has 3 atom stereocenters. The quantitative estimate of drug-likeness (QED) is 0.863. The van der Waals surface area contributed by atoms with Gasteiger partial charge in [-0.2, -0.15) is 0 Å². The minimum atomic E-state index is -0.101. The SMILES string of the molecule is CCN1C2CCC(C(=O)C2)C1c1ccc(C(=O)NCCN)cc1. The van der Waals surface area contributed by atoms with E-state index < -0.39 is 0 Å². The standard InChI is InChI=1S/C18H25N3O2/c1-2-21-14-7-8-15(16(22)11-14)17(21)12-3-5-13(6-4-12)18(23)20-10-9-19/h3-6,14-15,17H,2,7-11,19H2,1H3,(H,20,23). The summed E-state index contributed by atoms with van der Waals surface area (Å²) in [4.78, 5) is 26.7. The molecule has 1 aliphatic carbocycles. The molecule has 3 aliphatic rings. The maximum absolute atomic E-state index is 12.3. The lowest BCUT2D eigenvalue weighted by molar-refractivity contribution is -0.137. The molecular weight excluding hydrogens is 290 g/mol. The second-order valence-electron chi connectivity index (χ2n) is 6.45. The number of amides is 1. The normalized spacial score (nSPS) is 27.2. The van der Waals surface area contributed by atoms with E-state index in [1.807, 2.05) is 24.3 Å². The Hall–Kier alpha value is -1.72. The first-order valence-corrected chi connectivity index (χ1v) is 8.52. The topological polar surface area (TPSA) is 75.4 Å². The van der Waals surface area contributed by atoms with E-state index in [-0.39, 0.29) is 17.9 Å². The number of carbonyl (C=O) groups excluding carboxylic acids is 2. The fourth-order valence-electron chi connectivity index (χ4n) is 4.09. The van der Waals surface area contributed by atoms with Crippen LogP contribution in [0, 0.1) is 5.92 Å². The molecule has 1 saturated carbocycles. The zero-order chi connectivity index (χ0) is 16.4. The van der Waals surface area contributed by atoms with Gasteiger partial charge < -0.3 is 11.1 Å². The summed E-state index contributed by atoms with van der Waals surface area (Å²) in [6, 6.07) is 8.25. The Balaban J connectivity index is 1.80. The van der Waals surface area contributed by atoms with Crippen molar-refractivity contribution in [3.8, 4) is 0 Å². The molecule has 5 heteroatoms. The number of carbonyl (C=O) groups is 2. The molecule has 23 heavy (non-hydrogen) atoms. The van der Waals surface area contributed by atoms with E-state index in [0.29, 0.717) is 36.9 Å². The lowest BCUT2D eigenvalue weighted by atomic mass is 9.71. The minimum Gasteiger partial charge on any atom is -0.351 e. The molecule has 1 aromatic carbocycles. The van der Waals surface area contributed by atoms with Crippen LogP contribution in [0.2, 0.25) is 0 Å². The Morgan fingerprint density at radius 1 is 1.30 bits per heavy atom. The monoisotopic (exact) mass is 315 g/mol. The molecule has 2 bridgehead atoms. The van der Waals surface area contributed by atoms with Gasteiger partial charge in [0.05, 0.1) is 0 Å². The number of rotatable bonds is 5. The molecule has 5 nitrogen and oxygen atoms in total. The Bertz CT molecular complexity index is 584. The number of Topliss-reactive ketones (excluding diaryl/α,β-unsaturated/α-hetero) is 1. The fraction of sp³-hybridized carbons (Fsp3) is 0.556. The number of nitrogens with zero attached hydrogens (tertiary/aromatic N) is 1. The number of fused-ring (bicyclic) bond motifs is 3. The molecule has 2 saturated heterocycles. The van der Waals surface area contributed by atoms with Crippen molar-refractivity contribution < 1.29 is 9.59 Å². The minimum absolute atomic E-state index is 0.101. The molecule has 0 spiro atoms. The summed E-state index contributed by atoms with van der Waals surface area (Å²) in [7, 11) is 0. The van der Waals surface area contributed by atoms with Crippen molar-refractivity contribution in [3.05, 3.63) is 35.4 Å². The Morgan fingerprint density at radius 3 is 2.65 bits per heavy atom. The van der Waals surface area contributed by atoms with Crippen molar-refractivity contribution in [2.75, 3.05) is 19.6 Å². The lowest BCUT2D eigenvalue weighted by Gasteiger charge is -2.50. The van der Waals surface area contributed by atoms with Gasteiger partial charge in [-0.25, -0.2) is 0 Å². The molecule has 3 fully saturated rings. The average molecular weight is 315 g/mol. The summed E-state index contributed by atoms with van der Waals surface area (Å²) in [5, 5.41) is 2.77. The van der Waals surface area contributed by atoms with Gasteiger partial charge in [-0.1, -0.05) is 19.1 Å². The molecule has 2 aliphatic heterocycles. The summed E-state index contributed by atoms with van der Waals surface area (Å²) in [5.74, 6) is 0.410. The highest BCUT2D eigenvalue weighted by Crippen LogP contribution is 2.45. The lowest BCUT2D eigenvalue weighted by Crippen LogP contribution is -2.54. The zero-order valence-electron chi connectivity index (χ0n) is 13.6. The molecule has 0 aromatic heterocycles. The van der Waals surface area contributed by atoms with Crippen molar-refractivity contribution in [3.63, 3.8) is 0 Å². The number of ketones is 1. The van der Waals surface area contributed by atoms with E-state index in [4.69, 9.17) is 5.73 Å². The van der Waals surface area contributed by atoms with Gasteiger partial charge in [0.1, 0.15) is 5.78 Å². The van der Waals surface area contributed by atoms with Gasteiger partial charge in [0, 0.05) is 43.1 Å². The summed E-state index contributed by atoms with van der Waals surface area (Å²) in [5.41, 5.74) is 7.18. The molecule has 3 unspecified atom stereocenters. The summed E-state index contributed by atoms with van der Waals surface area (Å²) in [6.07, 6.45) is 2.82. The van der Waals surface area contributed by atoms with Crippen molar-refractivity contribution in [1.82, 2.24) is 10.2 Å². The van der Waals surface area contributed by atoms with Gasteiger partial charge in [0.15, 0.2) is 0 Å². The molecule has 1 aromatic rings. The maximum atomic E-state index is 12.3. The predicted octanol–water partition coefficient (Wildman–Crippen LogP) is 1.49. The Labute approximate surface area is 137 Å². The van der Waals surface area contributed by atoms with E-state index in [1.165, 1.54) is 0 Å². The first-order chi connectivity index (χ1) is 11.2. The number of benzene rings is 1. The predicted molar refractivity (Wildman–Crippen MR) is 89.1 cm³/mol. The van der Waals surface area contributed by atoms with Crippen molar-refractivity contribution in [2.45, 2.75) is 38.3 Å². The smallest absolute Gasteiger partial charge is 0.251 e. The number of nitrogens with two attached hydrogens (primary N) is 1. The Kier molecular flexibility index (Phi) is 4.78. The van der Waals surface area contributed by atoms with Crippen molar-refractivity contribution in [1.29, 1.82) is 0 Å². The highest BCUT2D eigenvalue weighted by atomic mass is 16.1. The van der Waals surface area contributed by atoms with Gasteiger partial charge in [-0.3, -0.25) is 14.5 Å². The summed E-state index contributed by atoms with van der Waals surface area (Å²) >= 11 is 0. The van der Waals surface area contributed by atoms with Gasteiger partial charge in [0.25, 0.3) is 5.91 Å². The van der Waals surface area contributed by atoms with E-state index >= 15 is 0 Å². The first-order valence-electron chi connectivity index (χ1n) is 8.52. The zero-order valence-corrected chi connectivity index (χ0v) is 13.6. The van der Waals surface area contributed by atoms with Gasteiger partial charge >= 0.3 is 0 Å². The van der Waals surface area contributed by atoms with E-state index in [0.717, 1.165) is 24.9 Å². The van der Waals surface area contributed by atoms with Crippen LogP contribution in [0.25, 0.3) is 0 Å². The average Bonchev–Trinajstić information content (AvgIpc) is 2.59. The molecule has 2 heterocycles. The van der Waals surface area contributed by atoms with Crippen molar-refractivity contribution >= 4 is 11.7 Å². The van der Waals surface area contributed by atoms with Crippen LogP contribution in [0.15, 0.2) is 24.3 Å². The number of nitrogens with one attached hydrogen (secondary N) is 1. The first kappa shape index (κ1) is 16.1. The van der Waals surface area contributed by atoms with Crippen LogP contribution in [0.1, 0.15) is 48.1 Å². The largest absolute Gasteiger partial charge is 0.351 e. The van der Waals surface area contributed by atoms with Crippen LogP contribution in [0.3, 0.4) is 0 Å². The van der Waals surface area contributed by atoms with Crippen molar-refractivity contribution in [2.24, 2.45) is 11.7 Å². The van der Waals surface area contributed by atoms with Crippen LogP contribution in [0.4, 0.5) is 0 Å². The summed E-state index contributed by atoms with van der Waals surface area (Å²) in [6.45, 7) is 4.03. The third kappa shape index (κ3) is 3.03. The molecule has 124 valence electrons. The second kappa shape index (κ2) is 6.81. The van der Waals surface area contributed by atoms with E-state index in [9.17, 15) is 9.59 Å². The fourth-order valence-corrected chi connectivity index (χ4v) is 4.09. The molecule has 4 rings (SSSR count). The molecule has 1 amide bonds. The maximum Gasteiger partial charge on any atom is 0.251 e. The molecule has 0 radical (unpaired) electrons. The second-order valence-corrected chi connectivity index (χ2v) is 6.45. The molecular formula is C18H25N3O2. The van der Waals surface area contributed by atoms with Crippen LogP contribution in [-0.2, 0) is 4.79 Å². The number of hydrogen-bond acceptors (Lipinski definition) is 4. The van der Waals surface area contributed by atoms with Gasteiger partial charge in [0.2, 0.25) is 0 Å². The van der Waals surface area contributed by atoms with Crippen LogP contribution >= 0.6 is 0 Å². The highest BCUT2D eigenvalue weighted by Gasteiger charge is 2.46. The van der Waals surface area contributed by atoms with Crippen LogP contribution in [0.5, 0.6) is 0 Å². The number of hydrogen-bond donors (Lipinski definition) is 2. The van der Waals surface area contributed by atoms with E-state index in [2.05, 4.69) is 17.1 Å². The third-order valence-electron chi connectivity index (χ3n) is 5.18. The number of piperidine rings is 2. The third-order valence-corrected chi connectivity index (χ3v) is 5.18. The van der Waals surface area contributed by atoms with Crippen LogP contribution < -0.4 is 11.1 Å².